The quantitative estimate of drug-likeness (QED) is 0.849. The van der Waals surface area contributed by atoms with Crippen LogP contribution >= 0.6 is 15.9 Å². The van der Waals surface area contributed by atoms with Gasteiger partial charge in [-0.25, -0.2) is 0 Å². The van der Waals surface area contributed by atoms with Gasteiger partial charge in [-0.1, -0.05) is 15.9 Å². The fourth-order valence-corrected chi connectivity index (χ4v) is 2.23. The minimum Gasteiger partial charge on any atom is -0.378 e. The first kappa shape index (κ1) is 16.4. The summed E-state index contributed by atoms with van der Waals surface area (Å²) in [5.41, 5.74) is 3.94. The van der Waals surface area contributed by atoms with Crippen LogP contribution in [0.15, 0.2) is 46.9 Å². The zero-order valence-corrected chi connectivity index (χ0v) is 14.6. The summed E-state index contributed by atoms with van der Waals surface area (Å²) in [5.74, 6) is -0.0709. The van der Waals surface area contributed by atoms with Gasteiger partial charge in [0.2, 0.25) is 5.91 Å². The summed E-state index contributed by atoms with van der Waals surface area (Å²) in [6.45, 7) is 2.22. The summed E-state index contributed by atoms with van der Waals surface area (Å²) < 4.78 is 1.03. The lowest BCUT2D eigenvalue weighted by molar-refractivity contribution is -0.114. The summed E-state index contributed by atoms with van der Waals surface area (Å²) in [6.07, 6.45) is 0. The van der Waals surface area contributed by atoms with Gasteiger partial charge in [-0.3, -0.25) is 4.79 Å². The van der Waals surface area contributed by atoms with Crippen molar-refractivity contribution >= 4 is 38.9 Å². The third kappa shape index (κ3) is 4.49. The largest absolute Gasteiger partial charge is 0.378 e. The highest BCUT2D eigenvalue weighted by atomic mass is 79.9. The molecule has 0 aliphatic heterocycles. The van der Waals surface area contributed by atoms with E-state index in [-0.39, 0.29) is 12.5 Å². The van der Waals surface area contributed by atoms with Crippen LogP contribution in [0.25, 0.3) is 0 Å². The van der Waals surface area contributed by atoms with E-state index in [0.717, 1.165) is 27.1 Å². The van der Waals surface area contributed by atoms with Crippen LogP contribution in [0.4, 0.5) is 17.1 Å². The average Bonchev–Trinajstić information content (AvgIpc) is 2.49. The molecule has 0 fully saturated rings. The minimum atomic E-state index is -0.0709. The zero-order chi connectivity index (χ0) is 16.1. The van der Waals surface area contributed by atoms with E-state index in [1.54, 1.807) is 0 Å². The van der Waals surface area contributed by atoms with Crippen molar-refractivity contribution in [2.75, 3.05) is 36.2 Å². The van der Waals surface area contributed by atoms with Gasteiger partial charge in [0.1, 0.15) is 0 Å². The average molecular weight is 362 g/mol. The van der Waals surface area contributed by atoms with E-state index in [1.807, 2.05) is 68.4 Å². The van der Waals surface area contributed by atoms with Crippen LogP contribution in [0, 0.1) is 6.92 Å². The summed E-state index contributed by atoms with van der Waals surface area (Å²) in [5, 5.41) is 6.00. The van der Waals surface area contributed by atoms with E-state index in [9.17, 15) is 4.79 Å². The molecule has 5 heteroatoms. The summed E-state index contributed by atoms with van der Waals surface area (Å²) in [7, 11) is 3.99. The van der Waals surface area contributed by atoms with Crippen molar-refractivity contribution in [3.8, 4) is 0 Å². The molecule has 1 amide bonds. The van der Waals surface area contributed by atoms with Crippen molar-refractivity contribution in [1.82, 2.24) is 0 Å². The Hall–Kier alpha value is -2.01. The van der Waals surface area contributed by atoms with Crippen LogP contribution in [0.3, 0.4) is 0 Å². The van der Waals surface area contributed by atoms with Crippen LogP contribution in [-0.2, 0) is 4.79 Å². The summed E-state index contributed by atoms with van der Waals surface area (Å²) >= 11 is 3.44. The van der Waals surface area contributed by atoms with Gasteiger partial charge < -0.3 is 15.5 Å². The van der Waals surface area contributed by atoms with E-state index in [2.05, 4.69) is 26.6 Å². The molecule has 0 aliphatic rings. The fraction of sp³-hybridized carbons (Fsp3) is 0.235. The third-order valence-corrected chi connectivity index (χ3v) is 4.17. The molecule has 116 valence electrons. The zero-order valence-electron chi connectivity index (χ0n) is 13.0. The lowest BCUT2D eigenvalue weighted by Crippen LogP contribution is -2.21. The molecule has 2 N–H and O–H groups in total. The molecule has 0 aliphatic carbocycles. The molecule has 0 saturated carbocycles. The molecule has 0 spiro atoms. The Bertz CT molecular complexity index is 653. The van der Waals surface area contributed by atoms with E-state index < -0.39 is 0 Å². The Balaban J connectivity index is 1.88. The predicted octanol–water partition coefficient (Wildman–Crippen LogP) is 3.87. The molecular weight excluding hydrogens is 342 g/mol. The number of nitrogens with one attached hydrogen (secondary N) is 2. The highest BCUT2D eigenvalue weighted by Crippen LogP contribution is 2.20. The Labute approximate surface area is 139 Å². The van der Waals surface area contributed by atoms with Gasteiger partial charge in [0.05, 0.1) is 6.54 Å². The molecule has 0 heterocycles. The number of hydrogen-bond donors (Lipinski definition) is 2. The lowest BCUT2D eigenvalue weighted by atomic mass is 10.2. The Kier molecular flexibility index (Phi) is 5.44. The highest BCUT2D eigenvalue weighted by molar-refractivity contribution is 9.10. The Morgan fingerprint density at radius 1 is 1.09 bits per heavy atom. The molecule has 0 radical (unpaired) electrons. The number of carbonyl (C=O) groups excluding carboxylic acids is 1. The maximum Gasteiger partial charge on any atom is 0.243 e. The van der Waals surface area contributed by atoms with Crippen LogP contribution < -0.4 is 15.5 Å². The fourth-order valence-electron chi connectivity index (χ4n) is 1.99. The van der Waals surface area contributed by atoms with Crippen molar-refractivity contribution in [2.24, 2.45) is 0 Å². The molecular formula is C17H20BrN3O. The first-order valence-electron chi connectivity index (χ1n) is 7.03. The van der Waals surface area contributed by atoms with Gasteiger partial charge in [-0.05, 0) is 55.0 Å². The summed E-state index contributed by atoms with van der Waals surface area (Å²) in [4.78, 5) is 14.0. The molecule has 4 nitrogen and oxygen atoms in total. The lowest BCUT2D eigenvalue weighted by Gasteiger charge is -2.13. The maximum absolute atomic E-state index is 12.0. The molecule has 22 heavy (non-hydrogen) atoms. The van der Waals surface area contributed by atoms with Gasteiger partial charge in [-0.15, -0.1) is 0 Å². The standard InChI is InChI=1S/C17H20BrN3O/c1-12-10-14(6-9-16(12)18)20-17(22)11-19-13-4-7-15(8-5-13)21(2)3/h4-10,19H,11H2,1-3H3,(H,20,22). The first-order chi connectivity index (χ1) is 10.5. The number of anilines is 3. The molecule has 0 saturated heterocycles. The second kappa shape index (κ2) is 7.31. The first-order valence-corrected chi connectivity index (χ1v) is 7.82. The number of rotatable bonds is 5. The van der Waals surface area contributed by atoms with E-state index in [0.29, 0.717) is 0 Å². The van der Waals surface area contributed by atoms with Crippen molar-refractivity contribution in [3.63, 3.8) is 0 Å². The van der Waals surface area contributed by atoms with Gasteiger partial charge >= 0.3 is 0 Å². The van der Waals surface area contributed by atoms with Gasteiger partial charge in [-0.2, -0.15) is 0 Å². The molecule has 2 aromatic carbocycles. The highest BCUT2D eigenvalue weighted by Gasteiger charge is 2.04. The van der Waals surface area contributed by atoms with Crippen LogP contribution in [0.2, 0.25) is 0 Å². The smallest absolute Gasteiger partial charge is 0.243 e. The number of halogens is 1. The van der Waals surface area contributed by atoms with Gasteiger partial charge in [0.25, 0.3) is 0 Å². The Morgan fingerprint density at radius 3 is 2.32 bits per heavy atom. The van der Waals surface area contributed by atoms with Gasteiger partial charge in [0, 0.05) is 35.6 Å². The maximum atomic E-state index is 12.0. The summed E-state index contributed by atoms with van der Waals surface area (Å²) in [6, 6.07) is 13.7. The van der Waals surface area contributed by atoms with Crippen molar-refractivity contribution in [1.29, 1.82) is 0 Å². The Morgan fingerprint density at radius 2 is 1.73 bits per heavy atom. The van der Waals surface area contributed by atoms with Crippen molar-refractivity contribution in [2.45, 2.75) is 6.92 Å². The monoisotopic (exact) mass is 361 g/mol. The molecule has 0 atom stereocenters. The van der Waals surface area contributed by atoms with Crippen LogP contribution in [-0.4, -0.2) is 26.5 Å². The van der Waals surface area contributed by atoms with Crippen molar-refractivity contribution < 1.29 is 4.79 Å². The molecule has 2 rings (SSSR count). The van der Waals surface area contributed by atoms with Crippen LogP contribution in [0.1, 0.15) is 5.56 Å². The SMILES string of the molecule is Cc1cc(NC(=O)CNc2ccc(N(C)C)cc2)ccc1Br. The predicted molar refractivity (Wildman–Crippen MR) is 96.8 cm³/mol. The van der Waals surface area contributed by atoms with E-state index >= 15 is 0 Å². The topological polar surface area (TPSA) is 44.4 Å². The number of nitrogens with zero attached hydrogens (tertiary/aromatic N) is 1. The normalized spacial score (nSPS) is 10.2. The molecule has 0 aromatic heterocycles. The number of benzene rings is 2. The number of hydrogen-bond acceptors (Lipinski definition) is 3. The second-order valence-electron chi connectivity index (χ2n) is 5.31. The van der Waals surface area contributed by atoms with E-state index in [1.165, 1.54) is 0 Å². The van der Waals surface area contributed by atoms with Gasteiger partial charge in [0.15, 0.2) is 0 Å². The number of carbonyl (C=O) groups is 1. The number of amides is 1. The molecule has 2 aromatic rings. The van der Waals surface area contributed by atoms with E-state index in [4.69, 9.17) is 0 Å². The van der Waals surface area contributed by atoms with Crippen LogP contribution in [0.5, 0.6) is 0 Å². The number of aryl methyl sites for hydroxylation is 1. The molecule has 0 bridgehead atoms. The second-order valence-corrected chi connectivity index (χ2v) is 6.16. The minimum absolute atomic E-state index is 0.0709. The third-order valence-electron chi connectivity index (χ3n) is 3.28. The van der Waals surface area contributed by atoms with Crippen molar-refractivity contribution in [3.05, 3.63) is 52.5 Å². The molecule has 0 unspecified atom stereocenters.